The Hall–Kier alpha value is -3.05. The van der Waals surface area contributed by atoms with Gasteiger partial charge >= 0.3 is 5.97 Å². The highest BCUT2D eigenvalue weighted by atomic mass is 19.1. The summed E-state index contributed by atoms with van der Waals surface area (Å²) < 4.78 is 16.8. The zero-order chi connectivity index (χ0) is 25.3. The summed E-state index contributed by atoms with van der Waals surface area (Å²) in [7, 11) is 0. The second-order valence-electron chi connectivity index (χ2n) is 10.1. The Morgan fingerprint density at radius 3 is 2.77 bits per heavy atom. The van der Waals surface area contributed by atoms with E-state index in [0.29, 0.717) is 44.7 Å². The lowest BCUT2D eigenvalue weighted by molar-refractivity contribution is -0.122. The van der Waals surface area contributed by atoms with Crippen LogP contribution in [0.4, 0.5) is 10.2 Å². The number of fused-ring (bicyclic) bond motifs is 1. The van der Waals surface area contributed by atoms with Gasteiger partial charge in [0.1, 0.15) is 11.2 Å². The molecule has 0 spiro atoms. The van der Waals surface area contributed by atoms with Crippen molar-refractivity contribution in [3.05, 3.63) is 33.9 Å². The molecule has 11 heteroatoms. The molecule has 0 radical (unpaired) electrons. The van der Waals surface area contributed by atoms with Crippen LogP contribution in [-0.4, -0.2) is 58.8 Å². The Morgan fingerprint density at radius 1 is 1.37 bits per heavy atom. The summed E-state index contributed by atoms with van der Waals surface area (Å²) in [6.07, 6.45) is 5.92. The summed E-state index contributed by atoms with van der Waals surface area (Å²) in [6.45, 7) is 3.98. The van der Waals surface area contributed by atoms with Crippen molar-refractivity contribution in [2.45, 2.75) is 57.5 Å². The molecular formula is C24H33FN6O4. The van der Waals surface area contributed by atoms with E-state index < -0.39 is 23.3 Å². The molecule has 1 aliphatic heterocycles. The number of nitrogens with one attached hydrogen (secondary N) is 1. The van der Waals surface area contributed by atoms with Crippen molar-refractivity contribution in [1.82, 2.24) is 14.9 Å². The first-order valence-corrected chi connectivity index (χ1v) is 12.1. The topological polar surface area (TPSA) is 157 Å². The Kier molecular flexibility index (Phi) is 7.09. The van der Waals surface area contributed by atoms with Gasteiger partial charge < -0.3 is 31.4 Å². The molecule has 1 aliphatic carbocycles. The molecule has 2 fully saturated rings. The number of carbonyl (C=O) groups excluding carboxylic acids is 1. The van der Waals surface area contributed by atoms with E-state index in [2.05, 4.69) is 10.3 Å². The van der Waals surface area contributed by atoms with Crippen molar-refractivity contribution >= 4 is 28.7 Å². The van der Waals surface area contributed by atoms with E-state index in [-0.39, 0.29) is 34.1 Å². The van der Waals surface area contributed by atoms with Crippen molar-refractivity contribution in [2.75, 3.05) is 31.1 Å². The van der Waals surface area contributed by atoms with Crippen LogP contribution in [0.3, 0.4) is 0 Å². The number of unbranched alkanes of at least 4 members (excludes halogenated alkanes) is 1. The molecule has 2 aliphatic rings. The van der Waals surface area contributed by atoms with Gasteiger partial charge in [0.15, 0.2) is 11.6 Å². The third kappa shape index (κ3) is 5.30. The molecular weight excluding hydrogens is 455 g/mol. The van der Waals surface area contributed by atoms with Crippen LogP contribution in [0.25, 0.3) is 11.0 Å². The number of amides is 1. The fourth-order valence-corrected chi connectivity index (χ4v) is 4.66. The minimum atomic E-state index is -1.34. The van der Waals surface area contributed by atoms with E-state index in [4.69, 9.17) is 11.5 Å². The predicted molar refractivity (Wildman–Crippen MR) is 130 cm³/mol. The summed E-state index contributed by atoms with van der Waals surface area (Å²) in [6, 6.07) is 0.565. The quantitative estimate of drug-likeness (QED) is 0.365. The normalized spacial score (nSPS) is 20.9. The number of hydrogen-bond acceptors (Lipinski definition) is 7. The Bertz CT molecular complexity index is 1200. The average Bonchev–Trinajstić information content (AvgIpc) is 3.59. The lowest BCUT2D eigenvalue weighted by Crippen LogP contribution is -2.45. The van der Waals surface area contributed by atoms with Crippen LogP contribution >= 0.6 is 0 Å². The molecule has 4 rings (SSSR count). The van der Waals surface area contributed by atoms with E-state index in [1.54, 1.807) is 4.57 Å². The van der Waals surface area contributed by atoms with Crippen LogP contribution in [0, 0.1) is 11.2 Å². The zero-order valence-electron chi connectivity index (χ0n) is 19.9. The lowest BCUT2D eigenvalue weighted by atomic mass is 9.89. The number of rotatable bonds is 10. The van der Waals surface area contributed by atoms with E-state index >= 15 is 4.39 Å². The minimum absolute atomic E-state index is 0.0316. The van der Waals surface area contributed by atoms with Crippen LogP contribution in [0.2, 0.25) is 0 Å². The SMILES string of the molecule is CC1(CNC(=O)C(N)CCCCN)CCN(c2nc3c(cc2F)c(=O)c(C(=O)O)cn3C2CC2)C1. The number of halogens is 1. The number of aromatic nitrogens is 2. The molecule has 0 aromatic carbocycles. The van der Waals surface area contributed by atoms with Gasteiger partial charge in [-0.25, -0.2) is 14.2 Å². The summed E-state index contributed by atoms with van der Waals surface area (Å²) >= 11 is 0. The van der Waals surface area contributed by atoms with Gasteiger partial charge in [0.25, 0.3) is 0 Å². The lowest BCUT2D eigenvalue weighted by Gasteiger charge is -2.26. The number of pyridine rings is 2. The Balaban J connectivity index is 1.52. The van der Waals surface area contributed by atoms with Gasteiger partial charge in [-0.2, -0.15) is 0 Å². The van der Waals surface area contributed by atoms with Crippen molar-refractivity contribution in [3.63, 3.8) is 0 Å². The number of aromatic carboxylic acids is 1. The van der Waals surface area contributed by atoms with E-state index in [0.717, 1.165) is 31.7 Å². The molecule has 2 aromatic heterocycles. The Labute approximate surface area is 202 Å². The second kappa shape index (κ2) is 9.90. The fourth-order valence-electron chi connectivity index (χ4n) is 4.66. The van der Waals surface area contributed by atoms with Gasteiger partial charge in [-0.05, 0) is 44.7 Å². The van der Waals surface area contributed by atoms with E-state index in [9.17, 15) is 19.5 Å². The van der Waals surface area contributed by atoms with Crippen LogP contribution < -0.4 is 27.1 Å². The Morgan fingerprint density at radius 2 is 2.11 bits per heavy atom. The molecule has 0 bridgehead atoms. The van der Waals surface area contributed by atoms with Crippen LogP contribution in [0.1, 0.15) is 61.8 Å². The number of hydrogen-bond donors (Lipinski definition) is 4. The standard InChI is InChI=1S/C24H33FN6O4/c1-24(12-28-22(33)18(27)4-2-3-8-26)7-9-30(13-24)21-17(25)10-15-19(32)16(23(34)35)11-31(14-5-6-14)20(15)29-21/h10-11,14,18H,2-9,12-13,26-27H2,1H3,(H,28,33)(H,34,35). The van der Waals surface area contributed by atoms with E-state index in [1.807, 2.05) is 11.8 Å². The van der Waals surface area contributed by atoms with Crippen molar-refractivity contribution in [3.8, 4) is 0 Å². The average molecular weight is 489 g/mol. The van der Waals surface area contributed by atoms with Gasteiger partial charge in [0.2, 0.25) is 11.3 Å². The van der Waals surface area contributed by atoms with Crippen molar-refractivity contribution in [2.24, 2.45) is 16.9 Å². The molecule has 1 amide bonds. The number of carboxylic acids is 1. The summed E-state index contributed by atoms with van der Waals surface area (Å²) in [5.74, 6) is -2.09. The van der Waals surface area contributed by atoms with Gasteiger partial charge in [-0.3, -0.25) is 9.59 Å². The monoisotopic (exact) mass is 488 g/mol. The summed E-state index contributed by atoms with van der Waals surface area (Å²) in [5.41, 5.74) is 10.3. The van der Waals surface area contributed by atoms with Gasteiger partial charge in [-0.1, -0.05) is 13.3 Å². The van der Waals surface area contributed by atoms with Gasteiger partial charge in [-0.15, -0.1) is 0 Å². The minimum Gasteiger partial charge on any atom is -0.477 e. The molecule has 10 nitrogen and oxygen atoms in total. The molecule has 2 unspecified atom stereocenters. The maximum Gasteiger partial charge on any atom is 0.341 e. The predicted octanol–water partition coefficient (Wildman–Crippen LogP) is 1.36. The number of carbonyl (C=O) groups is 2. The van der Waals surface area contributed by atoms with Crippen LogP contribution in [-0.2, 0) is 4.79 Å². The number of carboxylic acid groups (broad SMARTS) is 1. The molecule has 35 heavy (non-hydrogen) atoms. The fraction of sp³-hybridized carbons (Fsp3) is 0.583. The highest BCUT2D eigenvalue weighted by Gasteiger charge is 2.37. The van der Waals surface area contributed by atoms with Gasteiger partial charge in [0, 0.05) is 37.3 Å². The highest BCUT2D eigenvalue weighted by Crippen LogP contribution is 2.38. The maximum atomic E-state index is 15.2. The first-order valence-electron chi connectivity index (χ1n) is 12.1. The molecule has 190 valence electrons. The molecule has 2 atom stereocenters. The zero-order valence-corrected chi connectivity index (χ0v) is 19.9. The van der Waals surface area contributed by atoms with Crippen LogP contribution in [0.15, 0.2) is 17.1 Å². The summed E-state index contributed by atoms with van der Waals surface area (Å²) in [4.78, 5) is 42.9. The largest absolute Gasteiger partial charge is 0.477 e. The van der Waals surface area contributed by atoms with Gasteiger partial charge in [0.05, 0.1) is 11.4 Å². The molecule has 2 aromatic rings. The molecule has 1 saturated carbocycles. The number of anilines is 1. The smallest absolute Gasteiger partial charge is 0.341 e. The number of nitrogens with two attached hydrogens (primary N) is 2. The first-order chi connectivity index (χ1) is 16.6. The molecule has 3 heterocycles. The summed E-state index contributed by atoms with van der Waals surface area (Å²) in [5, 5.41) is 12.3. The third-order valence-electron chi connectivity index (χ3n) is 6.96. The van der Waals surface area contributed by atoms with E-state index in [1.165, 1.54) is 6.20 Å². The third-order valence-corrected chi connectivity index (χ3v) is 6.96. The van der Waals surface area contributed by atoms with Crippen molar-refractivity contribution in [1.29, 1.82) is 0 Å². The van der Waals surface area contributed by atoms with Crippen molar-refractivity contribution < 1.29 is 19.1 Å². The highest BCUT2D eigenvalue weighted by molar-refractivity contribution is 5.92. The maximum absolute atomic E-state index is 15.2. The first kappa shape index (κ1) is 25.1. The number of nitrogens with zero attached hydrogens (tertiary/aromatic N) is 3. The van der Waals surface area contributed by atoms with Crippen LogP contribution in [0.5, 0.6) is 0 Å². The molecule has 6 N–H and O–H groups in total. The second-order valence-corrected chi connectivity index (χ2v) is 10.1. The molecule has 1 saturated heterocycles.